The van der Waals surface area contributed by atoms with E-state index in [1.165, 1.54) is 11.8 Å². The molecule has 1 fully saturated rings. The van der Waals surface area contributed by atoms with Crippen LogP contribution in [0.2, 0.25) is 0 Å². The summed E-state index contributed by atoms with van der Waals surface area (Å²) in [5.74, 6) is -0.0512. The topological polar surface area (TPSA) is 70.4 Å². The second kappa shape index (κ2) is 9.24. The van der Waals surface area contributed by atoms with Crippen LogP contribution in [0.3, 0.4) is 0 Å². The van der Waals surface area contributed by atoms with Gasteiger partial charge in [0.05, 0.1) is 22.9 Å². The number of amides is 1. The van der Waals surface area contributed by atoms with E-state index in [4.69, 9.17) is 10.00 Å². The van der Waals surface area contributed by atoms with E-state index in [1.807, 2.05) is 17.0 Å². The first-order valence-corrected chi connectivity index (χ1v) is 9.82. The van der Waals surface area contributed by atoms with Gasteiger partial charge in [0.15, 0.2) is 0 Å². The minimum absolute atomic E-state index is 0.0360. The minimum atomic E-state index is -0.459. The molecule has 1 amide bonds. The number of carbonyl (C=O) groups is 2. The molecule has 27 heavy (non-hydrogen) atoms. The van der Waals surface area contributed by atoms with Gasteiger partial charge in [-0.25, -0.2) is 4.79 Å². The Morgan fingerprint density at radius 2 is 1.78 bits per heavy atom. The first kappa shape index (κ1) is 19.0. The van der Waals surface area contributed by atoms with Crippen molar-refractivity contribution in [3.8, 4) is 6.07 Å². The fourth-order valence-corrected chi connectivity index (χ4v) is 3.88. The number of rotatable bonds is 6. The largest absolute Gasteiger partial charge is 0.457 e. The van der Waals surface area contributed by atoms with Gasteiger partial charge in [0.2, 0.25) is 5.91 Å². The summed E-state index contributed by atoms with van der Waals surface area (Å²) >= 11 is 1.36. The number of nitrogens with zero attached hydrogens (tertiary/aromatic N) is 2. The van der Waals surface area contributed by atoms with Gasteiger partial charge in [-0.15, -0.1) is 11.8 Å². The molecular formula is C21H20N2O3S. The summed E-state index contributed by atoms with van der Waals surface area (Å²) in [6.07, 6.45) is 2.12. The molecular weight excluding hydrogens is 360 g/mol. The maximum Gasteiger partial charge on any atom is 0.339 e. The van der Waals surface area contributed by atoms with Gasteiger partial charge < -0.3 is 9.64 Å². The zero-order valence-electron chi connectivity index (χ0n) is 14.9. The van der Waals surface area contributed by atoms with E-state index in [0.717, 1.165) is 30.8 Å². The maximum absolute atomic E-state index is 12.5. The zero-order chi connectivity index (χ0) is 19.1. The van der Waals surface area contributed by atoms with Crippen LogP contribution in [0, 0.1) is 11.3 Å². The number of likely N-dealkylation sites (tertiary alicyclic amines) is 1. The average molecular weight is 380 g/mol. The highest BCUT2D eigenvalue weighted by Crippen LogP contribution is 2.25. The van der Waals surface area contributed by atoms with E-state index in [0.29, 0.717) is 22.4 Å². The van der Waals surface area contributed by atoms with Crippen LogP contribution < -0.4 is 0 Å². The summed E-state index contributed by atoms with van der Waals surface area (Å²) in [6, 6.07) is 16.2. The SMILES string of the molecule is N#Cc1ccccc1COC(=O)c1ccccc1SCC(=O)N1CCCC1. The Labute approximate surface area is 162 Å². The lowest BCUT2D eigenvalue weighted by atomic mass is 10.1. The zero-order valence-corrected chi connectivity index (χ0v) is 15.7. The highest BCUT2D eigenvalue weighted by Gasteiger charge is 2.19. The van der Waals surface area contributed by atoms with Crippen molar-refractivity contribution in [2.75, 3.05) is 18.8 Å². The first-order valence-electron chi connectivity index (χ1n) is 8.84. The van der Waals surface area contributed by atoms with E-state index in [9.17, 15) is 9.59 Å². The Morgan fingerprint density at radius 3 is 2.56 bits per heavy atom. The molecule has 0 aliphatic carbocycles. The molecule has 2 aromatic carbocycles. The third-order valence-electron chi connectivity index (χ3n) is 4.41. The van der Waals surface area contributed by atoms with Crippen molar-refractivity contribution in [1.29, 1.82) is 5.26 Å². The van der Waals surface area contributed by atoms with Crippen molar-refractivity contribution in [1.82, 2.24) is 4.90 Å². The van der Waals surface area contributed by atoms with Crippen LogP contribution in [-0.4, -0.2) is 35.6 Å². The quantitative estimate of drug-likeness (QED) is 0.565. The average Bonchev–Trinajstić information content (AvgIpc) is 3.25. The van der Waals surface area contributed by atoms with E-state index >= 15 is 0 Å². The molecule has 1 saturated heterocycles. The summed E-state index contributed by atoms with van der Waals surface area (Å²) < 4.78 is 5.41. The molecule has 5 nitrogen and oxygen atoms in total. The van der Waals surface area contributed by atoms with Crippen molar-refractivity contribution in [3.05, 3.63) is 65.2 Å². The van der Waals surface area contributed by atoms with Gasteiger partial charge in [0, 0.05) is 23.5 Å². The van der Waals surface area contributed by atoms with Gasteiger partial charge in [0.1, 0.15) is 6.61 Å². The van der Waals surface area contributed by atoms with E-state index < -0.39 is 5.97 Å². The second-order valence-electron chi connectivity index (χ2n) is 6.22. The van der Waals surface area contributed by atoms with Crippen molar-refractivity contribution in [3.63, 3.8) is 0 Å². The fourth-order valence-electron chi connectivity index (χ4n) is 2.93. The normalized spacial score (nSPS) is 13.2. The Kier molecular flexibility index (Phi) is 6.50. The lowest BCUT2D eigenvalue weighted by Gasteiger charge is -2.15. The molecule has 1 heterocycles. The van der Waals surface area contributed by atoms with Crippen molar-refractivity contribution < 1.29 is 14.3 Å². The molecule has 1 aliphatic rings. The summed E-state index contributed by atoms with van der Waals surface area (Å²) in [6.45, 7) is 1.68. The molecule has 0 radical (unpaired) electrons. The lowest BCUT2D eigenvalue weighted by molar-refractivity contribution is -0.127. The predicted molar refractivity (Wildman–Crippen MR) is 103 cm³/mol. The van der Waals surface area contributed by atoms with Gasteiger partial charge in [-0.05, 0) is 31.0 Å². The van der Waals surface area contributed by atoms with Crippen LogP contribution in [0.25, 0.3) is 0 Å². The van der Waals surface area contributed by atoms with Crippen molar-refractivity contribution >= 4 is 23.6 Å². The van der Waals surface area contributed by atoms with Crippen LogP contribution >= 0.6 is 11.8 Å². The molecule has 0 unspecified atom stereocenters. The van der Waals surface area contributed by atoms with Crippen molar-refractivity contribution in [2.24, 2.45) is 0 Å². The van der Waals surface area contributed by atoms with Crippen molar-refractivity contribution in [2.45, 2.75) is 24.3 Å². The van der Waals surface area contributed by atoms with E-state index in [1.54, 1.807) is 36.4 Å². The molecule has 6 heteroatoms. The van der Waals surface area contributed by atoms with Gasteiger partial charge in [-0.2, -0.15) is 5.26 Å². The molecule has 0 spiro atoms. The number of carbonyl (C=O) groups excluding carboxylic acids is 2. The Balaban J connectivity index is 1.63. The molecule has 0 aromatic heterocycles. The lowest BCUT2D eigenvalue weighted by Crippen LogP contribution is -2.29. The highest BCUT2D eigenvalue weighted by molar-refractivity contribution is 8.00. The summed E-state index contributed by atoms with van der Waals surface area (Å²) in [5, 5.41) is 9.13. The standard InChI is InChI=1S/C21H20N2O3S/c22-13-16-7-1-2-8-17(16)14-26-21(25)18-9-3-4-10-19(18)27-15-20(24)23-11-5-6-12-23/h1-4,7-10H,5-6,11-12,14-15H2. The molecule has 0 atom stereocenters. The molecule has 0 bridgehead atoms. The van der Waals surface area contributed by atoms with E-state index in [-0.39, 0.29) is 12.5 Å². The van der Waals surface area contributed by atoms with E-state index in [2.05, 4.69) is 6.07 Å². The van der Waals surface area contributed by atoms with Gasteiger partial charge >= 0.3 is 5.97 Å². The van der Waals surface area contributed by atoms with Crippen LogP contribution in [-0.2, 0) is 16.1 Å². The van der Waals surface area contributed by atoms with Gasteiger partial charge in [0.25, 0.3) is 0 Å². The van der Waals surface area contributed by atoms with Gasteiger partial charge in [-0.3, -0.25) is 4.79 Å². The third-order valence-corrected chi connectivity index (χ3v) is 5.47. The van der Waals surface area contributed by atoms with Crippen LogP contribution in [0.15, 0.2) is 53.4 Å². The molecule has 0 N–H and O–H groups in total. The molecule has 0 saturated carbocycles. The predicted octanol–water partition coefficient (Wildman–Crippen LogP) is 3.63. The monoisotopic (exact) mass is 380 g/mol. The smallest absolute Gasteiger partial charge is 0.339 e. The highest BCUT2D eigenvalue weighted by atomic mass is 32.2. The summed E-state index contributed by atoms with van der Waals surface area (Å²) in [4.78, 5) is 27.4. The van der Waals surface area contributed by atoms with Gasteiger partial charge in [-0.1, -0.05) is 30.3 Å². The second-order valence-corrected chi connectivity index (χ2v) is 7.23. The van der Waals surface area contributed by atoms with Crippen LogP contribution in [0.1, 0.15) is 34.3 Å². The Morgan fingerprint density at radius 1 is 1.07 bits per heavy atom. The number of ether oxygens (including phenoxy) is 1. The number of esters is 1. The Hall–Kier alpha value is -2.78. The number of benzene rings is 2. The molecule has 138 valence electrons. The number of hydrogen-bond donors (Lipinski definition) is 0. The van der Waals surface area contributed by atoms with Crippen LogP contribution in [0.4, 0.5) is 0 Å². The molecule has 1 aliphatic heterocycles. The Bertz CT molecular complexity index is 870. The minimum Gasteiger partial charge on any atom is -0.457 e. The molecule has 2 aromatic rings. The number of nitriles is 1. The number of hydrogen-bond acceptors (Lipinski definition) is 5. The first-order chi connectivity index (χ1) is 13.2. The molecule has 3 rings (SSSR count). The summed E-state index contributed by atoms with van der Waals surface area (Å²) in [7, 11) is 0. The third kappa shape index (κ3) is 4.89. The fraction of sp³-hybridized carbons (Fsp3) is 0.286. The maximum atomic E-state index is 12.5. The van der Waals surface area contributed by atoms with Crippen LogP contribution in [0.5, 0.6) is 0 Å². The summed E-state index contributed by atoms with van der Waals surface area (Å²) in [5.41, 5.74) is 1.60. The number of thioether (sulfide) groups is 1.